The minimum absolute atomic E-state index is 0.0482. The molecule has 3 aromatic rings. The lowest BCUT2D eigenvalue weighted by Gasteiger charge is -2.01. The Labute approximate surface area is 149 Å². The number of rotatable bonds is 5. The van der Waals surface area contributed by atoms with Crippen molar-refractivity contribution in [2.75, 3.05) is 5.32 Å². The fourth-order valence-electron chi connectivity index (χ4n) is 2.18. The first-order valence-corrected chi connectivity index (χ1v) is 8.59. The lowest BCUT2D eigenvalue weighted by atomic mass is 10.2. The fourth-order valence-corrected chi connectivity index (χ4v) is 3.28. The zero-order valence-corrected chi connectivity index (χ0v) is 14.6. The van der Waals surface area contributed by atoms with E-state index in [0.29, 0.717) is 20.7 Å². The first kappa shape index (κ1) is 16.4. The van der Waals surface area contributed by atoms with Crippen molar-refractivity contribution in [3.63, 3.8) is 0 Å². The van der Waals surface area contributed by atoms with Crippen LogP contribution in [0, 0.1) is 6.92 Å². The van der Waals surface area contributed by atoms with Gasteiger partial charge in [-0.05, 0) is 36.8 Å². The predicted octanol–water partition coefficient (Wildman–Crippen LogP) is 5.74. The Kier molecular flexibility index (Phi) is 5.08. The number of ketones is 1. The highest BCUT2D eigenvalue weighted by Gasteiger charge is 2.13. The smallest absolute Gasteiger partial charge is 0.197 e. The van der Waals surface area contributed by atoms with Gasteiger partial charge in [-0.25, -0.2) is 4.98 Å². The number of carbonyl (C=O) groups excluding carboxylic acids is 1. The highest BCUT2D eigenvalue weighted by atomic mass is 35.5. The van der Waals surface area contributed by atoms with Gasteiger partial charge >= 0.3 is 0 Å². The van der Waals surface area contributed by atoms with Crippen molar-refractivity contribution >= 4 is 45.6 Å². The number of carbonyl (C=O) groups is 1. The molecule has 24 heavy (non-hydrogen) atoms. The van der Waals surface area contributed by atoms with Gasteiger partial charge in [0.25, 0.3) is 0 Å². The van der Waals surface area contributed by atoms with Crippen molar-refractivity contribution in [3.05, 3.63) is 81.8 Å². The van der Waals surface area contributed by atoms with Gasteiger partial charge in [-0.3, -0.25) is 4.79 Å². The van der Waals surface area contributed by atoms with Crippen LogP contribution in [0.2, 0.25) is 5.02 Å². The quantitative estimate of drug-likeness (QED) is 0.469. The number of nitrogens with zero attached hydrogens (tertiary/aromatic N) is 1. The topological polar surface area (TPSA) is 42.0 Å². The summed E-state index contributed by atoms with van der Waals surface area (Å²) in [5.41, 5.74) is 2.55. The molecule has 0 aliphatic heterocycles. The first-order chi connectivity index (χ1) is 11.6. The van der Waals surface area contributed by atoms with Crippen LogP contribution >= 0.6 is 22.9 Å². The van der Waals surface area contributed by atoms with E-state index in [1.54, 1.807) is 6.08 Å². The Morgan fingerprint density at radius 1 is 1.17 bits per heavy atom. The van der Waals surface area contributed by atoms with Crippen LogP contribution in [0.1, 0.15) is 20.9 Å². The molecule has 0 saturated heterocycles. The molecule has 5 heteroatoms. The summed E-state index contributed by atoms with van der Waals surface area (Å²) < 4.78 is 0. The summed E-state index contributed by atoms with van der Waals surface area (Å²) in [6, 6.07) is 17.1. The van der Waals surface area contributed by atoms with Crippen LogP contribution < -0.4 is 5.32 Å². The number of benzene rings is 2. The summed E-state index contributed by atoms with van der Waals surface area (Å²) >= 11 is 7.31. The van der Waals surface area contributed by atoms with E-state index in [1.807, 2.05) is 67.6 Å². The van der Waals surface area contributed by atoms with E-state index in [2.05, 4.69) is 10.3 Å². The van der Waals surface area contributed by atoms with Crippen LogP contribution in [0.25, 0.3) is 6.08 Å². The Hall–Kier alpha value is -2.43. The average molecular weight is 355 g/mol. The standard InChI is InChI=1S/C19H15ClN2OS/c1-13-18(17(23)11-10-14-6-3-2-4-7-14)24-19(21-13)22-16-9-5-8-15(20)12-16/h2-12H,1H3,(H,21,22)/b11-10+. The molecule has 1 aromatic heterocycles. The summed E-state index contributed by atoms with van der Waals surface area (Å²) in [5, 5.41) is 4.50. The van der Waals surface area contributed by atoms with Crippen molar-refractivity contribution in [2.45, 2.75) is 6.92 Å². The zero-order chi connectivity index (χ0) is 16.9. The van der Waals surface area contributed by atoms with Gasteiger partial charge in [0.05, 0.1) is 10.6 Å². The lowest BCUT2D eigenvalue weighted by molar-refractivity contribution is 0.105. The number of hydrogen-bond acceptors (Lipinski definition) is 4. The number of hydrogen-bond donors (Lipinski definition) is 1. The summed E-state index contributed by atoms with van der Waals surface area (Å²) in [4.78, 5) is 17.4. The predicted molar refractivity (Wildman–Crippen MR) is 101 cm³/mol. The summed E-state index contributed by atoms with van der Waals surface area (Å²) in [6.07, 6.45) is 3.39. The Morgan fingerprint density at radius 3 is 2.71 bits per heavy atom. The Balaban J connectivity index is 1.76. The SMILES string of the molecule is Cc1nc(Nc2cccc(Cl)c2)sc1C(=O)/C=C/c1ccccc1. The molecule has 0 unspecified atom stereocenters. The number of aromatic nitrogens is 1. The van der Waals surface area contributed by atoms with E-state index >= 15 is 0 Å². The van der Waals surface area contributed by atoms with Crippen LogP contribution in [0.15, 0.2) is 60.7 Å². The molecule has 0 bridgehead atoms. The average Bonchev–Trinajstić information content (AvgIpc) is 2.94. The molecule has 0 saturated carbocycles. The molecule has 0 fully saturated rings. The number of aryl methyl sites for hydroxylation is 1. The monoisotopic (exact) mass is 354 g/mol. The molecule has 0 atom stereocenters. The molecule has 0 aliphatic carbocycles. The maximum Gasteiger partial charge on any atom is 0.197 e. The van der Waals surface area contributed by atoms with Crippen molar-refractivity contribution < 1.29 is 4.79 Å². The highest BCUT2D eigenvalue weighted by molar-refractivity contribution is 7.17. The Morgan fingerprint density at radius 2 is 1.96 bits per heavy atom. The van der Waals surface area contributed by atoms with Crippen LogP contribution in [0.5, 0.6) is 0 Å². The van der Waals surface area contributed by atoms with Gasteiger partial charge in [-0.1, -0.05) is 65.4 Å². The normalized spacial score (nSPS) is 10.9. The van der Waals surface area contributed by atoms with Crippen LogP contribution in [-0.2, 0) is 0 Å². The van der Waals surface area contributed by atoms with Gasteiger partial charge in [-0.2, -0.15) is 0 Å². The molecule has 0 radical (unpaired) electrons. The van der Waals surface area contributed by atoms with Crippen LogP contribution in [-0.4, -0.2) is 10.8 Å². The van der Waals surface area contributed by atoms with E-state index < -0.39 is 0 Å². The minimum atomic E-state index is -0.0482. The van der Waals surface area contributed by atoms with Gasteiger partial charge < -0.3 is 5.32 Å². The third-order valence-electron chi connectivity index (χ3n) is 3.32. The molecule has 0 spiro atoms. The molecule has 3 nitrogen and oxygen atoms in total. The molecule has 0 amide bonds. The molecule has 1 heterocycles. The number of thiazole rings is 1. The number of nitrogens with one attached hydrogen (secondary N) is 1. The van der Waals surface area contributed by atoms with Crippen molar-refractivity contribution in [3.8, 4) is 0 Å². The molecular formula is C19H15ClN2OS. The lowest BCUT2D eigenvalue weighted by Crippen LogP contribution is -1.93. The summed E-state index contributed by atoms with van der Waals surface area (Å²) in [5.74, 6) is -0.0482. The number of halogens is 1. The number of anilines is 2. The maximum atomic E-state index is 12.4. The molecule has 120 valence electrons. The second kappa shape index (κ2) is 7.43. The molecule has 0 aliphatic rings. The number of allylic oxidation sites excluding steroid dienone is 1. The molecule has 3 rings (SSSR count). The van der Waals surface area contributed by atoms with E-state index in [9.17, 15) is 4.79 Å². The van der Waals surface area contributed by atoms with Crippen molar-refractivity contribution in [2.24, 2.45) is 0 Å². The van der Waals surface area contributed by atoms with Crippen LogP contribution in [0.3, 0.4) is 0 Å². The van der Waals surface area contributed by atoms with Gasteiger partial charge in [0.1, 0.15) is 0 Å². The minimum Gasteiger partial charge on any atom is -0.331 e. The van der Waals surface area contributed by atoms with Crippen LogP contribution in [0.4, 0.5) is 10.8 Å². The van der Waals surface area contributed by atoms with E-state index in [4.69, 9.17) is 11.6 Å². The van der Waals surface area contributed by atoms with Gasteiger partial charge in [0, 0.05) is 10.7 Å². The third-order valence-corrected chi connectivity index (χ3v) is 4.65. The van der Waals surface area contributed by atoms with Crippen molar-refractivity contribution in [1.82, 2.24) is 4.98 Å². The summed E-state index contributed by atoms with van der Waals surface area (Å²) in [7, 11) is 0. The van der Waals surface area contributed by atoms with Crippen molar-refractivity contribution in [1.29, 1.82) is 0 Å². The van der Waals surface area contributed by atoms with E-state index in [0.717, 1.165) is 11.3 Å². The second-order valence-electron chi connectivity index (χ2n) is 5.18. The third kappa shape index (κ3) is 4.10. The summed E-state index contributed by atoms with van der Waals surface area (Å²) in [6.45, 7) is 1.84. The molecule has 2 aromatic carbocycles. The Bertz CT molecular complexity index is 887. The second-order valence-corrected chi connectivity index (χ2v) is 6.61. The maximum absolute atomic E-state index is 12.4. The molecule has 1 N–H and O–H groups in total. The van der Waals surface area contributed by atoms with Gasteiger partial charge in [0.15, 0.2) is 10.9 Å². The van der Waals surface area contributed by atoms with E-state index in [-0.39, 0.29) is 5.78 Å². The van der Waals surface area contributed by atoms with E-state index in [1.165, 1.54) is 11.3 Å². The highest BCUT2D eigenvalue weighted by Crippen LogP contribution is 2.27. The fraction of sp³-hybridized carbons (Fsp3) is 0.0526. The largest absolute Gasteiger partial charge is 0.331 e. The molecular weight excluding hydrogens is 340 g/mol. The van der Waals surface area contributed by atoms with Gasteiger partial charge in [-0.15, -0.1) is 0 Å². The van der Waals surface area contributed by atoms with Gasteiger partial charge in [0.2, 0.25) is 0 Å². The zero-order valence-electron chi connectivity index (χ0n) is 13.0. The first-order valence-electron chi connectivity index (χ1n) is 7.39.